The molecule has 0 heterocycles. The molecule has 0 saturated carbocycles. The van der Waals surface area contributed by atoms with Crippen molar-refractivity contribution in [2.45, 2.75) is 51.9 Å². The maximum atomic E-state index is 5.79. The maximum absolute atomic E-state index is 5.79. The predicted molar refractivity (Wildman–Crippen MR) is 82.1 cm³/mol. The van der Waals surface area contributed by atoms with Gasteiger partial charge in [0.25, 0.3) is 0 Å². The van der Waals surface area contributed by atoms with Gasteiger partial charge in [-0.1, -0.05) is 51.5 Å². The standard InChI is InChI=1S/C16H28N2/c1-3-4-5-6-7-8-9-13-18(2)16-12-10-11-15(17)14-16/h10-12,14H,3-9,13,17H2,1-2H3. The minimum Gasteiger partial charge on any atom is -0.399 e. The van der Waals surface area contributed by atoms with Crippen molar-refractivity contribution in [3.8, 4) is 0 Å². The summed E-state index contributed by atoms with van der Waals surface area (Å²) in [5, 5.41) is 0. The molecule has 18 heavy (non-hydrogen) atoms. The highest BCUT2D eigenvalue weighted by molar-refractivity contribution is 5.55. The summed E-state index contributed by atoms with van der Waals surface area (Å²) in [6.45, 7) is 3.39. The normalized spacial score (nSPS) is 10.6. The molecule has 0 spiro atoms. The molecule has 0 radical (unpaired) electrons. The molecule has 2 nitrogen and oxygen atoms in total. The van der Waals surface area contributed by atoms with Crippen LogP contribution in [0, 0.1) is 0 Å². The number of unbranched alkanes of at least 4 members (excludes halogenated alkanes) is 6. The summed E-state index contributed by atoms with van der Waals surface area (Å²) in [4.78, 5) is 2.29. The lowest BCUT2D eigenvalue weighted by molar-refractivity contribution is 0.589. The second-order valence-electron chi connectivity index (χ2n) is 5.14. The van der Waals surface area contributed by atoms with Gasteiger partial charge in [0.05, 0.1) is 0 Å². The minimum atomic E-state index is 0.846. The summed E-state index contributed by atoms with van der Waals surface area (Å²) in [5.74, 6) is 0. The monoisotopic (exact) mass is 248 g/mol. The Bertz CT molecular complexity index is 323. The van der Waals surface area contributed by atoms with Gasteiger partial charge in [0.15, 0.2) is 0 Å². The van der Waals surface area contributed by atoms with Gasteiger partial charge in [-0.3, -0.25) is 0 Å². The van der Waals surface area contributed by atoms with E-state index in [1.165, 1.54) is 50.6 Å². The first-order valence-corrected chi connectivity index (χ1v) is 7.30. The second kappa shape index (κ2) is 8.84. The van der Waals surface area contributed by atoms with Crippen molar-refractivity contribution >= 4 is 11.4 Å². The Balaban J connectivity index is 2.12. The Morgan fingerprint density at radius 3 is 2.33 bits per heavy atom. The highest BCUT2D eigenvalue weighted by Gasteiger charge is 2.00. The van der Waals surface area contributed by atoms with E-state index in [-0.39, 0.29) is 0 Å². The molecular weight excluding hydrogens is 220 g/mol. The molecule has 0 aromatic heterocycles. The van der Waals surface area contributed by atoms with Crippen LogP contribution in [0.4, 0.5) is 11.4 Å². The predicted octanol–water partition coefficient (Wildman–Crippen LogP) is 4.46. The average Bonchev–Trinajstić information content (AvgIpc) is 2.37. The first-order chi connectivity index (χ1) is 8.74. The largest absolute Gasteiger partial charge is 0.399 e. The summed E-state index contributed by atoms with van der Waals surface area (Å²) in [7, 11) is 2.14. The maximum Gasteiger partial charge on any atom is 0.0384 e. The molecule has 0 atom stereocenters. The zero-order valence-electron chi connectivity index (χ0n) is 12.0. The zero-order valence-corrected chi connectivity index (χ0v) is 12.0. The number of nitrogens with zero attached hydrogens (tertiary/aromatic N) is 1. The van der Waals surface area contributed by atoms with Crippen LogP contribution in [-0.2, 0) is 0 Å². The fraction of sp³-hybridized carbons (Fsp3) is 0.625. The average molecular weight is 248 g/mol. The van der Waals surface area contributed by atoms with Crippen LogP contribution in [0.2, 0.25) is 0 Å². The Hall–Kier alpha value is -1.18. The smallest absolute Gasteiger partial charge is 0.0384 e. The third kappa shape index (κ3) is 5.95. The van der Waals surface area contributed by atoms with Crippen LogP contribution < -0.4 is 10.6 Å². The van der Waals surface area contributed by atoms with Gasteiger partial charge in [0.1, 0.15) is 0 Å². The summed E-state index contributed by atoms with van der Waals surface area (Å²) in [5.41, 5.74) is 7.86. The number of rotatable bonds is 9. The zero-order chi connectivity index (χ0) is 13.2. The van der Waals surface area contributed by atoms with Gasteiger partial charge in [-0.25, -0.2) is 0 Å². The van der Waals surface area contributed by atoms with Crippen LogP contribution in [-0.4, -0.2) is 13.6 Å². The quantitative estimate of drug-likeness (QED) is 0.516. The van der Waals surface area contributed by atoms with Gasteiger partial charge in [-0.05, 0) is 24.6 Å². The molecule has 102 valence electrons. The van der Waals surface area contributed by atoms with Crippen molar-refractivity contribution in [3.63, 3.8) is 0 Å². The van der Waals surface area contributed by atoms with Gasteiger partial charge >= 0.3 is 0 Å². The number of hydrogen-bond acceptors (Lipinski definition) is 2. The van der Waals surface area contributed by atoms with E-state index in [1.54, 1.807) is 0 Å². The first kappa shape index (κ1) is 14.9. The molecule has 2 heteroatoms. The third-order valence-corrected chi connectivity index (χ3v) is 3.41. The van der Waals surface area contributed by atoms with E-state index in [9.17, 15) is 0 Å². The summed E-state index contributed by atoms with van der Waals surface area (Å²) < 4.78 is 0. The molecule has 0 aliphatic rings. The van der Waals surface area contributed by atoms with E-state index in [1.807, 2.05) is 18.2 Å². The molecule has 0 unspecified atom stereocenters. The van der Waals surface area contributed by atoms with Crippen molar-refractivity contribution in [2.75, 3.05) is 24.2 Å². The molecule has 0 amide bonds. The molecule has 0 bridgehead atoms. The van der Waals surface area contributed by atoms with Crippen molar-refractivity contribution < 1.29 is 0 Å². The molecule has 1 rings (SSSR count). The summed E-state index contributed by atoms with van der Waals surface area (Å²) >= 11 is 0. The molecule has 0 aliphatic heterocycles. The minimum absolute atomic E-state index is 0.846. The van der Waals surface area contributed by atoms with Gasteiger partial charge < -0.3 is 10.6 Å². The highest BCUT2D eigenvalue weighted by Crippen LogP contribution is 2.16. The second-order valence-corrected chi connectivity index (χ2v) is 5.14. The van der Waals surface area contributed by atoms with E-state index in [0.29, 0.717) is 0 Å². The van der Waals surface area contributed by atoms with Gasteiger partial charge in [0, 0.05) is 25.0 Å². The van der Waals surface area contributed by atoms with Crippen LogP contribution in [0.3, 0.4) is 0 Å². The van der Waals surface area contributed by atoms with E-state index in [4.69, 9.17) is 5.73 Å². The number of nitrogens with two attached hydrogens (primary N) is 1. The molecule has 1 aromatic carbocycles. The molecule has 1 aromatic rings. The Morgan fingerprint density at radius 1 is 1.00 bits per heavy atom. The molecular formula is C16H28N2. The third-order valence-electron chi connectivity index (χ3n) is 3.41. The molecule has 0 saturated heterocycles. The number of benzene rings is 1. The molecule has 0 aliphatic carbocycles. The summed E-state index contributed by atoms with van der Waals surface area (Å²) in [6.07, 6.45) is 9.53. The summed E-state index contributed by atoms with van der Waals surface area (Å²) in [6, 6.07) is 8.12. The lowest BCUT2D eigenvalue weighted by atomic mass is 10.1. The lowest BCUT2D eigenvalue weighted by Crippen LogP contribution is -2.18. The fourth-order valence-electron chi connectivity index (χ4n) is 2.20. The van der Waals surface area contributed by atoms with Crippen LogP contribution in [0.15, 0.2) is 24.3 Å². The van der Waals surface area contributed by atoms with Crippen LogP contribution >= 0.6 is 0 Å². The van der Waals surface area contributed by atoms with E-state index < -0.39 is 0 Å². The fourth-order valence-corrected chi connectivity index (χ4v) is 2.20. The van der Waals surface area contributed by atoms with Crippen molar-refractivity contribution in [1.82, 2.24) is 0 Å². The van der Waals surface area contributed by atoms with E-state index >= 15 is 0 Å². The Labute approximate surface area is 112 Å². The van der Waals surface area contributed by atoms with Crippen molar-refractivity contribution in [1.29, 1.82) is 0 Å². The highest BCUT2D eigenvalue weighted by atomic mass is 15.1. The lowest BCUT2D eigenvalue weighted by Gasteiger charge is -2.19. The Kier molecular flexibility index (Phi) is 7.31. The molecule has 0 fully saturated rings. The Morgan fingerprint density at radius 2 is 1.67 bits per heavy atom. The van der Waals surface area contributed by atoms with Crippen LogP contribution in [0.1, 0.15) is 51.9 Å². The SMILES string of the molecule is CCCCCCCCCN(C)c1cccc(N)c1. The van der Waals surface area contributed by atoms with Crippen LogP contribution in [0.25, 0.3) is 0 Å². The van der Waals surface area contributed by atoms with Gasteiger partial charge in [-0.2, -0.15) is 0 Å². The topological polar surface area (TPSA) is 29.3 Å². The van der Waals surface area contributed by atoms with Crippen molar-refractivity contribution in [3.05, 3.63) is 24.3 Å². The van der Waals surface area contributed by atoms with Gasteiger partial charge in [-0.15, -0.1) is 0 Å². The van der Waals surface area contributed by atoms with E-state index in [2.05, 4.69) is 24.9 Å². The van der Waals surface area contributed by atoms with Gasteiger partial charge in [0.2, 0.25) is 0 Å². The van der Waals surface area contributed by atoms with E-state index in [0.717, 1.165) is 12.2 Å². The number of anilines is 2. The number of hydrogen-bond donors (Lipinski definition) is 1. The number of nitrogen functional groups attached to an aromatic ring is 1. The van der Waals surface area contributed by atoms with Crippen LogP contribution in [0.5, 0.6) is 0 Å². The first-order valence-electron chi connectivity index (χ1n) is 7.30. The molecule has 2 N–H and O–H groups in total. The van der Waals surface area contributed by atoms with Crippen molar-refractivity contribution in [2.24, 2.45) is 0 Å².